The summed E-state index contributed by atoms with van der Waals surface area (Å²) in [5.74, 6) is 0. The lowest BCUT2D eigenvalue weighted by Gasteiger charge is -2.09. The lowest BCUT2D eigenvalue weighted by atomic mass is 10.2. The van der Waals surface area contributed by atoms with E-state index in [-0.39, 0.29) is 0 Å². The Hall–Kier alpha value is -1.20. The smallest absolute Gasteiger partial charge is 0.107 e. The Balaban J connectivity index is 1.88. The Morgan fingerprint density at radius 2 is 2.47 bits per heavy atom. The maximum absolute atomic E-state index is 4.40. The number of H-pyrrole nitrogens is 1. The first-order chi connectivity index (χ1) is 7.25. The third kappa shape index (κ3) is 2.64. The highest BCUT2D eigenvalue weighted by Crippen LogP contribution is 2.12. The van der Waals surface area contributed by atoms with Crippen LogP contribution in [0.25, 0.3) is 0 Å². The van der Waals surface area contributed by atoms with Gasteiger partial charge in [-0.05, 0) is 13.8 Å². The van der Waals surface area contributed by atoms with Gasteiger partial charge in [0.1, 0.15) is 5.01 Å². The molecule has 0 spiro atoms. The average molecular weight is 222 g/mol. The molecular formula is C10H14N4S. The van der Waals surface area contributed by atoms with Gasteiger partial charge in [0.05, 0.1) is 6.20 Å². The van der Waals surface area contributed by atoms with Gasteiger partial charge in [-0.2, -0.15) is 5.10 Å². The third-order valence-corrected chi connectivity index (χ3v) is 3.21. The van der Waals surface area contributed by atoms with Gasteiger partial charge in [0.15, 0.2) is 0 Å². The first-order valence-electron chi connectivity index (χ1n) is 4.89. The maximum Gasteiger partial charge on any atom is 0.107 e. The van der Waals surface area contributed by atoms with E-state index in [1.807, 2.05) is 19.3 Å². The number of rotatable bonds is 4. The molecule has 0 radical (unpaired) electrons. The number of nitrogens with zero attached hydrogens (tertiary/aromatic N) is 2. The minimum atomic E-state index is 0.299. The van der Waals surface area contributed by atoms with Crippen molar-refractivity contribution in [3.05, 3.63) is 34.0 Å². The molecule has 0 aliphatic carbocycles. The highest BCUT2D eigenvalue weighted by atomic mass is 32.1. The number of aromatic amines is 1. The fourth-order valence-electron chi connectivity index (χ4n) is 1.34. The SMILES string of the molecule is Cc1csc(CNC(C)c2cn[nH]c2)n1. The largest absolute Gasteiger partial charge is 0.304 e. The zero-order valence-corrected chi connectivity index (χ0v) is 9.64. The molecule has 2 aromatic rings. The molecule has 2 rings (SSSR count). The zero-order valence-electron chi connectivity index (χ0n) is 8.82. The summed E-state index contributed by atoms with van der Waals surface area (Å²) in [4.78, 5) is 4.40. The number of hydrogen-bond acceptors (Lipinski definition) is 4. The normalized spacial score (nSPS) is 12.9. The van der Waals surface area contributed by atoms with Gasteiger partial charge < -0.3 is 5.32 Å². The minimum absolute atomic E-state index is 0.299. The van der Waals surface area contributed by atoms with Crippen LogP contribution >= 0.6 is 11.3 Å². The molecule has 0 fully saturated rings. The van der Waals surface area contributed by atoms with E-state index < -0.39 is 0 Å². The van der Waals surface area contributed by atoms with Crippen molar-refractivity contribution in [3.8, 4) is 0 Å². The van der Waals surface area contributed by atoms with Crippen LogP contribution < -0.4 is 5.32 Å². The van der Waals surface area contributed by atoms with Crippen LogP contribution in [0.2, 0.25) is 0 Å². The lowest BCUT2D eigenvalue weighted by Crippen LogP contribution is -2.17. The second-order valence-electron chi connectivity index (χ2n) is 3.52. The molecule has 0 aliphatic heterocycles. The van der Waals surface area contributed by atoms with Crippen LogP contribution in [-0.2, 0) is 6.54 Å². The maximum atomic E-state index is 4.40. The summed E-state index contributed by atoms with van der Waals surface area (Å²) in [5, 5.41) is 13.3. The number of aromatic nitrogens is 3. The summed E-state index contributed by atoms with van der Waals surface area (Å²) in [6.45, 7) is 4.94. The quantitative estimate of drug-likeness (QED) is 0.832. The molecular weight excluding hydrogens is 208 g/mol. The number of aryl methyl sites for hydroxylation is 1. The van der Waals surface area contributed by atoms with Crippen molar-refractivity contribution in [2.45, 2.75) is 26.4 Å². The van der Waals surface area contributed by atoms with Crippen molar-refractivity contribution < 1.29 is 0 Å². The van der Waals surface area contributed by atoms with Gasteiger partial charge in [0.2, 0.25) is 0 Å². The predicted molar refractivity (Wildman–Crippen MR) is 60.7 cm³/mol. The topological polar surface area (TPSA) is 53.6 Å². The van der Waals surface area contributed by atoms with Gasteiger partial charge in [0, 0.05) is 35.4 Å². The molecule has 1 unspecified atom stereocenters. The second-order valence-corrected chi connectivity index (χ2v) is 4.46. The molecule has 0 bridgehead atoms. The Bertz CT molecular complexity index is 407. The van der Waals surface area contributed by atoms with E-state index in [2.05, 4.69) is 32.8 Å². The molecule has 0 aliphatic rings. The van der Waals surface area contributed by atoms with E-state index in [1.165, 1.54) is 5.56 Å². The Labute approximate surface area is 92.8 Å². The van der Waals surface area contributed by atoms with E-state index in [9.17, 15) is 0 Å². The van der Waals surface area contributed by atoms with Gasteiger partial charge in [0.25, 0.3) is 0 Å². The van der Waals surface area contributed by atoms with Gasteiger partial charge in [-0.25, -0.2) is 4.98 Å². The summed E-state index contributed by atoms with van der Waals surface area (Å²) in [7, 11) is 0. The molecule has 15 heavy (non-hydrogen) atoms. The highest BCUT2D eigenvalue weighted by molar-refractivity contribution is 7.09. The van der Waals surface area contributed by atoms with Crippen molar-refractivity contribution in [3.63, 3.8) is 0 Å². The molecule has 2 N–H and O–H groups in total. The third-order valence-electron chi connectivity index (χ3n) is 2.25. The van der Waals surface area contributed by atoms with Gasteiger partial charge in [-0.3, -0.25) is 5.10 Å². The van der Waals surface area contributed by atoms with E-state index in [0.29, 0.717) is 6.04 Å². The summed E-state index contributed by atoms with van der Waals surface area (Å²) < 4.78 is 0. The highest BCUT2D eigenvalue weighted by Gasteiger charge is 2.06. The Morgan fingerprint density at radius 3 is 3.07 bits per heavy atom. The van der Waals surface area contributed by atoms with Crippen molar-refractivity contribution in [2.75, 3.05) is 0 Å². The molecule has 4 nitrogen and oxygen atoms in total. The summed E-state index contributed by atoms with van der Waals surface area (Å²) in [6.07, 6.45) is 3.75. The monoisotopic (exact) mass is 222 g/mol. The van der Waals surface area contributed by atoms with Gasteiger partial charge in [-0.15, -0.1) is 11.3 Å². The van der Waals surface area contributed by atoms with Gasteiger partial charge in [-0.1, -0.05) is 0 Å². The zero-order chi connectivity index (χ0) is 10.7. The molecule has 5 heteroatoms. The first-order valence-corrected chi connectivity index (χ1v) is 5.77. The van der Waals surface area contributed by atoms with E-state index in [0.717, 1.165) is 17.2 Å². The van der Waals surface area contributed by atoms with E-state index in [1.54, 1.807) is 11.3 Å². The molecule has 80 valence electrons. The number of nitrogens with one attached hydrogen (secondary N) is 2. The van der Waals surface area contributed by atoms with Crippen molar-refractivity contribution in [1.82, 2.24) is 20.5 Å². The van der Waals surface area contributed by atoms with Crippen LogP contribution in [0.3, 0.4) is 0 Å². The molecule has 2 heterocycles. The summed E-state index contributed by atoms with van der Waals surface area (Å²) >= 11 is 1.69. The summed E-state index contributed by atoms with van der Waals surface area (Å²) in [5.41, 5.74) is 2.26. The first kappa shape index (κ1) is 10.3. The molecule has 0 saturated heterocycles. The van der Waals surface area contributed by atoms with Crippen LogP contribution in [0.15, 0.2) is 17.8 Å². The average Bonchev–Trinajstić information content (AvgIpc) is 2.84. The Kier molecular flexibility index (Phi) is 3.13. The molecule has 0 saturated carbocycles. The van der Waals surface area contributed by atoms with Crippen molar-refractivity contribution in [2.24, 2.45) is 0 Å². The van der Waals surface area contributed by atoms with Crippen LogP contribution in [0.1, 0.15) is 29.2 Å². The van der Waals surface area contributed by atoms with Crippen molar-refractivity contribution >= 4 is 11.3 Å². The van der Waals surface area contributed by atoms with Crippen LogP contribution in [-0.4, -0.2) is 15.2 Å². The predicted octanol–water partition coefficient (Wildman–Crippen LogP) is 2.03. The summed E-state index contributed by atoms with van der Waals surface area (Å²) in [6, 6.07) is 0.299. The number of hydrogen-bond donors (Lipinski definition) is 2. The van der Waals surface area contributed by atoms with Crippen LogP contribution in [0.4, 0.5) is 0 Å². The lowest BCUT2D eigenvalue weighted by molar-refractivity contribution is 0.573. The van der Waals surface area contributed by atoms with E-state index in [4.69, 9.17) is 0 Å². The molecule has 2 aromatic heterocycles. The molecule has 0 amide bonds. The van der Waals surface area contributed by atoms with Crippen LogP contribution in [0, 0.1) is 6.92 Å². The fraction of sp³-hybridized carbons (Fsp3) is 0.400. The molecule has 0 aromatic carbocycles. The van der Waals surface area contributed by atoms with E-state index >= 15 is 0 Å². The van der Waals surface area contributed by atoms with Gasteiger partial charge >= 0.3 is 0 Å². The minimum Gasteiger partial charge on any atom is -0.304 e. The Morgan fingerprint density at radius 1 is 1.60 bits per heavy atom. The van der Waals surface area contributed by atoms with Crippen molar-refractivity contribution in [1.29, 1.82) is 0 Å². The van der Waals surface area contributed by atoms with Crippen LogP contribution in [0.5, 0.6) is 0 Å². The molecule has 1 atom stereocenters. The second kappa shape index (κ2) is 4.55. The standard InChI is InChI=1S/C10H14N4S/c1-7-6-15-10(14-7)5-11-8(2)9-3-12-13-4-9/h3-4,6,8,11H,5H2,1-2H3,(H,12,13). The number of thiazole rings is 1. The fourth-order valence-corrected chi connectivity index (χ4v) is 2.06.